The van der Waals surface area contributed by atoms with E-state index in [0.717, 1.165) is 44.4 Å². The smallest absolute Gasteiger partial charge is 0.228 e. The number of carbonyl (C=O) groups is 1. The van der Waals surface area contributed by atoms with E-state index in [-0.39, 0.29) is 36.4 Å². The minimum Gasteiger partial charge on any atom is -0.373 e. The Kier molecular flexibility index (Phi) is 6.45. The van der Waals surface area contributed by atoms with Gasteiger partial charge in [-0.3, -0.25) is 4.79 Å². The van der Waals surface area contributed by atoms with Crippen LogP contribution in [0.15, 0.2) is 24.3 Å². The molecule has 1 aromatic rings. The number of halogens is 1. The highest BCUT2D eigenvalue weighted by molar-refractivity contribution is 5.85. The van der Waals surface area contributed by atoms with E-state index in [4.69, 9.17) is 10.5 Å². The van der Waals surface area contributed by atoms with Gasteiger partial charge in [0, 0.05) is 25.7 Å². The summed E-state index contributed by atoms with van der Waals surface area (Å²) >= 11 is 0. The van der Waals surface area contributed by atoms with Crippen LogP contribution in [0, 0.1) is 12.8 Å². The van der Waals surface area contributed by atoms with E-state index in [1.807, 2.05) is 4.90 Å². The average molecular weight is 339 g/mol. The van der Waals surface area contributed by atoms with E-state index in [9.17, 15) is 4.79 Å². The second kappa shape index (κ2) is 8.13. The Hall–Kier alpha value is -1.10. The maximum Gasteiger partial charge on any atom is 0.228 e. The lowest BCUT2D eigenvalue weighted by molar-refractivity contribution is -0.146. The maximum absolute atomic E-state index is 12.9. The van der Waals surface area contributed by atoms with E-state index in [1.54, 1.807) is 0 Å². The quantitative estimate of drug-likeness (QED) is 0.902. The number of amides is 1. The normalized spacial score (nSPS) is 28.1. The Labute approximate surface area is 144 Å². The predicted octanol–water partition coefficient (Wildman–Crippen LogP) is 2.83. The first kappa shape index (κ1) is 18.2. The fraction of sp³-hybridized carbons (Fsp3) is 0.611. The molecule has 0 saturated carbocycles. The van der Waals surface area contributed by atoms with Gasteiger partial charge in [0.15, 0.2) is 0 Å². The summed E-state index contributed by atoms with van der Waals surface area (Å²) < 4.78 is 5.98. The molecular weight excluding hydrogens is 312 g/mol. The fourth-order valence-corrected chi connectivity index (χ4v) is 3.56. The van der Waals surface area contributed by atoms with E-state index < -0.39 is 0 Å². The summed E-state index contributed by atoms with van der Waals surface area (Å²) in [5, 5.41) is 0. The van der Waals surface area contributed by atoms with Gasteiger partial charge in [0.1, 0.15) is 0 Å². The van der Waals surface area contributed by atoms with Crippen molar-refractivity contribution in [2.45, 2.75) is 44.8 Å². The van der Waals surface area contributed by atoms with Gasteiger partial charge in [-0.15, -0.1) is 12.4 Å². The van der Waals surface area contributed by atoms with Crippen LogP contribution < -0.4 is 5.73 Å². The van der Waals surface area contributed by atoms with Gasteiger partial charge in [0.05, 0.1) is 12.0 Å². The SMILES string of the molecule is Cc1ccc(C2OCCCC2C(=O)N2CCCC(N)C2)cc1.Cl. The first-order chi connectivity index (χ1) is 10.6. The number of hydrogen-bond donors (Lipinski definition) is 1. The summed E-state index contributed by atoms with van der Waals surface area (Å²) in [6.07, 6.45) is 3.78. The van der Waals surface area contributed by atoms with Crippen molar-refractivity contribution in [2.24, 2.45) is 11.7 Å². The number of likely N-dealkylation sites (tertiary alicyclic amines) is 1. The average Bonchev–Trinajstić information content (AvgIpc) is 2.55. The molecule has 0 aliphatic carbocycles. The van der Waals surface area contributed by atoms with Crippen LogP contribution in [0.5, 0.6) is 0 Å². The molecule has 128 valence electrons. The molecule has 3 unspecified atom stereocenters. The molecule has 23 heavy (non-hydrogen) atoms. The van der Waals surface area contributed by atoms with Crippen molar-refractivity contribution in [1.82, 2.24) is 4.90 Å². The summed E-state index contributed by atoms with van der Waals surface area (Å²) in [5.74, 6) is 0.155. The van der Waals surface area contributed by atoms with Gasteiger partial charge < -0.3 is 15.4 Å². The van der Waals surface area contributed by atoms with Crippen LogP contribution in [0.1, 0.15) is 42.9 Å². The zero-order valence-electron chi connectivity index (χ0n) is 13.7. The van der Waals surface area contributed by atoms with Crippen molar-refractivity contribution in [2.75, 3.05) is 19.7 Å². The first-order valence-corrected chi connectivity index (χ1v) is 8.37. The second-order valence-electron chi connectivity index (χ2n) is 6.64. The van der Waals surface area contributed by atoms with Crippen molar-refractivity contribution in [3.63, 3.8) is 0 Å². The third-order valence-corrected chi connectivity index (χ3v) is 4.81. The molecule has 0 aromatic heterocycles. The molecule has 1 aromatic carbocycles. The lowest BCUT2D eigenvalue weighted by Crippen LogP contribution is -2.49. The number of benzene rings is 1. The molecule has 4 nitrogen and oxygen atoms in total. The summed E-state index contributed by atoms with van der Waals surface area (Å²) in [5.41, 5.74) is 8.37. The number of piperidine rings is 1. The Morgan fingerprint density at radius 2 is 1.96 bits per heavy atom. The molecule has 5 heteroatoms. The number of hydrogen-bond acceptors (Lipinski definition) is 3. The highest BCUT2D eigenvalue weighted by atomic mass is 35.5. The van der Waals surface area contributed by atoms with Crippen LogP contribution in [0.2, 0.25) is 0 Å². The molecule has 2 saturated heterocycles. The van der Waals surface area contributed by atoms with Crippen LogP contribution in [-0.4, -0.2) is 36.5 Å². The summed E-state index contributed by atoms with van der Waals surface area (Å²) in [6.45, 7) is 4.34. The molecule has 3 rings (SSSR count). The third kappa shape index (κ3) is 4.25. The zero-order chi connectivity index (χ0) is 15.5. The topological polar surface area (TPSA) is 55.6 Å². The number of nitrogens with two attached hydrogens (primary N) is 1. The molecule has 2 N–H and O–H groups in total. The zero-order valence-corrected chi connectivity index (χ0v) is 14.6. The number of rotatable bonds is 2. The van der Waals surface area contributed by atoms with Crippen LogP contribution >= 0.6 is 12.4 Å². The fourth-order valence-electron chi connectivity index (χ4n) is 3.56. The summed E-state index contributed by atoms with van der Waals surface area (Å²) in [6, 6.07) is 8.48. The number of nitrogens with zero attached hydrogens (tertiary/aromatic N) is 1. The lowest BCUT2D eigenvalue weighted by atomic mass is 9.87. The van der Waals surface area contributed by atoms with E-state index in [0.29, 0.717) is 6.54 Å². The van der Waals surface area contributed by atoms with Gasteiger partial charge in [-0.1, -0.05) is 29.8 Å². The number of ether oxygens (including phenoxy) is 1. The van der Waals surface area contributed by atoms with Gasteiger partial charge in [-0.05, 0) is 38.2 Å². The van der Waals surface area contributed by atoms with Gasteiger partial charge >= 0.3 is 0 Å². The monoisotopic (exact) mass is 338 g/mol. The predicted molar refractivity (Wildman–Crippen MR) is 93.6 cm³/mol. The van der Waals surface area contributed by atoms with Crippen molar-refractivity contribution in [3.8, 4) is 0 Å². The van der Waals surface area contributed by atoms with Gasteiger partial charge in [-0.25, -0.2) is 0 Å². The summed E-state index contributed by atoms with van der Waals surface area (Å²) in [4.78, 5) is 14.9. The maximum atomic E-state index is 12.9. The lowest BCUT2D eigenvalue weighted by Gasteiger charge is -2.38. The third-order valence-electron chi connectivity index (χ3n) is 4.81. The largest absolute Gasteiger partial charge is 0.373 e. The van der Waals surface area contributed by atoms with Crippen molar-refractivity contribution < 1.29 is 9.53 Å². The van der Waals surface area contributed by atoms with Crippen LogP contribution in [-0.2, 0) is 9.53 Å². The van der Waals surface area contributed by atoms with E-state index >= 15 is 0 Å². The standard InChI is InChI=1S/C18H26N2O2.ClH/c1-13-6-8-14(9-7-13)17-16(5-3-11-22-17)18(21)20-10-2-4-15(19)12-20;/h6-9,15-17H,2-5,10-12,19H2,1H3;1H. The molecular formula is C18H27ClN2O2. The molecule has 2 aliphatic heterocycles. The molecule has 3 atom stereocenters. The number of carbonyl (C=O) groups excluding carboxylic acids is 1. The van der Waals surface area contributed by atoms with Crippen LogP contribution in [0.4, 0.5) is 0 Å². The van der Waals surface area contributed by atoms with Gasteiger partial charge in [-0.2, -0.15) is 0 Å². The molecule has 0 bridgehead atoms. The molecule has 2 fully saturated rings. The number of aryl methyl sites for hydroxylation is 1. The second-order valence-corrected chi connectivity index (χ2v) is 6.64. The molecule has 0 spiro atoms. The minimum atomic E-state index is -0.111. The molecule has 2 heterocycles. The Morgan fingerprint density at radius 1 is 1.22 bits per heavy atom. The van der Waals surface area contributed by atoms with Crippen LogP contribution in [0.25, 0.3) is 0 Å². The van der Waals surface area contributed by atoms with Crippen molar-refractivity contribution in [1.29, 1.82) is 0 Å². The van der Waals surface area contributed by atoms with Gasteiger partial charge in [0.25, 0.3) is 0 Å². The Balaban J connectivity index is 0.00000192. The molecule has 0 radical (unpaired) electrons. The van der Waals surface area contributed by atoms with Crippen molar-refractivity contribution >= 4 is 18.3 Å². The summed E-state index contributed by atoms with van der Waals surface area (Å²) in [7, 11) is 0. The minimum absolute atomic E-state index is 0. The Bertz CT molecular complexity index is 520. The Morgan fingerprint density at radius 3 is 2.65 bits per heavy atom. The van der Waals surface area contributed by atoms with E-state index in [1.165, 1.54) is 5.56 Å². The molecule has 2 aliphatic rings. The first-order valence-electron chi connectivity index (χ1n) is 8.37. The van der Waals surface area contributed by atoms with Crippen LogP contribution in [0.3, 0.4) is 0 Å². The van der Waals surface area contributed by atoms with Gasteiger partial charge in [0.2, 0.25) is 5.91 Å². The van der Waals surface area contributed by atoms with Crippen molar-refractivity contribution in [3.05, 3.63) is 35.4 Å². The highest BCUT2D eigenvalue weighted by Crippen LogP contribution is 2.35. The highest BCUT2D eigenvalue weighted by Gasteiger charge is 2.36. The molecule has 1 amide bonds. The van der Waals surface area contributed by atoms with E-state index in [2.05, 4.69) is 31.2 Å².